The van der Waals surface area contributed by atoms with Crippen LogP contribution in [-0.2, 0) is 19.2 Å². The second-order valence-corrected chi connectivity index (χ2v) is 10.1. The number of imide groups is 1. The Morgan fingerprint density at radius 3 is 2.11 bits per heavy atom. The summed E-state index contributed by atoms with van der Waals surface area (Å²) in [7, 11) is 0. The van der Waals surface area contributed by atoms with E-state index in [1.807, 2.05) is 32.0 Å². The lowest BCUT2D eigenvalue weighted by Crippen LogP contribution is -2.31. The van der Waals surface area contributed by atoms with Crippen LogP contribution in [0.15, 0.2) is 36.4 Å². The lowest BCUT2D eigenvalue weighted by Gasteiger charge is -2.19. The molecule has 35 heavy (non-hydrogen) atoms. The molecule has 0 N–H and O–H groups in total. The highest BCUT2D eigenvalue weighted by atomic mass is 16.5. The van der Waals surface area contributed by atoms with Gasteiger partial charge in [-0.2, -0.15) is 0 Å². The van der Waals surface area contributed by atoms with Crippen LogP contribution in [0.1, 0.15) is 48.8 Å². The number of rotatable bonds is 4. The van der Waals surface area contributed by atoms with E-state index < -0.39 is 11.9 Å². The summed E-state index contributed by atoms with van der Waals surface area (Å²) in [6.07, 6.45) is 3.58. The SMILES string of the molecule is Cc1cc(C)cc(N2C[C@H](C(=O)Oc3ccc(N4C(=O)[C@H]5CCCC[C@@H]5C4=O)c(C)c3)CC2=O)c1. The second kappa shape index (κ2) is 8.95. The molecular weight excluding hydrogens is 444 g/mol. The van der Waals surface area contributed by atoms with Crippen molar-refractivity contribution in [2.75, 3.05) is 16.3 Å². The van der Waals surface area contributed by atoms with Gasteiger partial charge in [-0.05, 0) is 80.6 Å². The first-order chi connectivity index (χ1) is 16.7. The lowest BCUT2D eigenvalue weighted by molar-refractivity contribution is -0.139. The highest BCUT2D eigenvalue weighted by molar-refractivity contribution is 6.22. The molecule has 7 nitrogen and oxygen atoms in total. The second-order valence-electron chi connectivity index (χ2n) is 10.1. The van der Waals surface area contributed by atoms with Crippen molar-refractivity contribution in [3.05, 3.63) is 53.1 Å². The molecule has 3 aliphatic rings. The number of aryl methyl sites for hydroxylation is 3. The number of hydrogen-bond donors (Lipinski definition) is 0. The number of fused-ring (bicyclic) bond motifs is 1. The van der Waals surface area contributed by atoms with Crippen molar-refractivity contribution in [1.82, 2.24) is 0 Å². The van der Waals surface area contributed by atoms with Gasteiger partial charge >= 0.3 is 5.97 Å². The number of amides is 3. The molecule has 3 atom stereocenters. The Morgan fingerprint density at radius 1 is 0.886 bits per heavy atom. The van der Waals surface area contributed by atoms with Crippen molar-refractivity contribution in [2.45, 2.75) is 52.9 Å². The molecule has 2 aromatic rings. The fourth-order valence-corrected chi connectivity index (χ4v) is 5.76. The van der Waals surface area contributed by atoms with Gasteiger partial charge in [0.25, 0.3) is 0 Å². The number of benzene rings is 2. The number of carbonyl (C=O) groups is 4. The molecule has 2 saturated heterocycles. The van der Waals surface area contributed by atoms with Gasteiger partial charge in [0.1, 0.15) is 5.75 Å². The Labute approximate surface area is 205 Å². The first-order valence-corrected chi connectivity index (χ1v) is 12.3. The molecule has 2 aromatic carbocycles. The molecular formula is C28H30N2O5. The molecule has 7 heteroatoms. The summed E-state index contributed by atoms with van der Waals surface area (Å²) in [6, 6.07) is 10.9. The number of hydrogen-bond acceptors (Lipinski definition) is 5. The van der Waals surface area contributed by atoms with Crippen LogP contribution in [-0.4, -0.2) is 30.2 Å². The average Bonchev–Trinajstić information content (AvgIpc) is 3.32. The third-order valence-corrected chi connectivity index (χ3v) is 7.45. The summed E-state index contributed by atoms with van der Waals surface area (Å²) >= 11 is 0. The predicted molar refractivity (Wildman–Crippen MR) is 131 cm³/mol. The van der Waals surface area contributed by atoms with E-state index in [4.69, 9.17) is 4.74 Å². The van der Waals surface area contributed by atoms with Crippen LogP contribution < -0.4 is 14.5 Å². The summed E-state index contributed by atoms with van der Waals surface area (Å²) in [4.78, 5) is 54.4. The Bertz CT molecular complexity index is 1190. The van der Waals surface area contributed by atoms with E-state index >= 15 is 0 Å². The van der Waals surface area contributed by atoms with Crippen molar-refractivity contribution in [1.29, 1.82) is 0 Å². The zero-order valence-corrected chi connectivity index (χ0v) is 20.4. The molecule has 2 aliphatic heterocycles. The van der Waals surface area contributed by atoms with Gasteiger partial charge in [0, 0.05) is 18.7 Å². The first kappa shape index (κ1) is 23.3. The fraction of sp³-hybridized carbons (Fsp3) is 0.429. The maximum atomic E-state index is 12.9. The van der Waals surface area contributed by atoms with Gasteiger partial charge < -0.3 is 9.64 Å². The molecule has 0 radical (unpaired) electrons. The standard InChI is InChI=1S/C28H30N2O5/c1-16-10-17(2)12-20(11-16)29-15-19(14-25(29)31)28(34)35-21-8-9-24(18(3)13-21)30-26(32)22-6-4-5-7-23(22)27(30)33/h8-13,19,22-23H,4-7,14-15H2,1-3H3/t19-,22+,23+/m1/s1. The van der Waals surface area contributed by atoms with Crippen molar-refractivity contribution in [3.63, 3.8) is 0 Å². The quantitative estimate of drug-likeness (QED) is 0.376. The number of esters is 1. The van der Waals surface area contributed by atoms with Gasteiger partial charge in [-0.25, -0.2) is 4.90 Å². The number of ether oxygens (including phenoxy) is 1. The summed E-state index contributed by atoms with van der Waals surface area (Å²) < 4.78 is 5.62. The van der Waals surface area contributed by atoms with E-state index in [2.05, 4.69) is 0 Å². The van der Waals surface area contributed by atoms with E-state index in [1.165, 1.54) is 4.90 Å². The van der Waals surface area contributed by atoms with E-state index in [0.717, 1.165) is 42.5 Å². The fourth-order valence-electron chi connectivity index (χ4n) is 5.76. The smallest absolute Gasteiger partial charge is 0.316 e. The average molecular weight is 475 g/mol. The Hall–Kier alpha value is -3.48. The number of carbonyl (C=O) groups excluding carboxylic acids is 4. The van der Waals surface area contributed by atoms with Gasteiger partial charge in [-0.3, -0.25) is 19.2 Å². The molecule has 5 rings (SSSR count). The predicted octanol–water partition coefficient (Wildman–Crippen LogP) is 4.25. The molecule has 182 valence electrons. The topological polar surface area (TPSA) is 84.0 Å². The van der Waals surface area contributed by atoms with Crippen molar-refractivity contribution in [3.8, 4) is 5.75 Å². The maximum Gasteiger partial charge on any atom is 0.316 e. The van der Waals surface area contributed by atoms with Crippen LogP contribution in [0.25, 0.3) is 0 Å². The van der Waals surface area contributed by atoms with Crippen LogP contribution in [0.2, 0.25) is 0 Å². The summed E-state index contributed by atoms with van der Waals surface area (Å²) in [5, 5.41) is 0. The van der Waals surface area contributed by atoms with E-state index in [9.17, 15) is 19.2 Å². The van der Waals surface area contributed by atoms with Gasteiger partial charge in [0.05, 0.1) is 23.4 Å². The zero-order valence-electron chi connectivity index (χ0n) is 20.4. The highest BCUT2D eigenvalue weighted by Crippen LogP contribution is 2.41. The molecule has 0 aromatic heterocycles. The Morgan fingerprint density at radius 2 is 1.51 bits per heavy atom. The van der Waals surface area contributed by atoms with Gasteiger partial charge in [0.15, 0.2) is 0 Å². The van der Waals surface area contributed by atoms with E-state index in [0.29, 0.717) is 17.0 Å². The van der Waals surface area contributed by atoms with Crippen molar-refractivity contribution < 1.29 is 23.9 Å². The maximum absolute atomic E-state index is 12.9. The monoisotopic (exact) mass is 474 g/mol. The normalized spacial score (nSPS) is 24.2. The molecule has 1 aliphatic carbocycles. The minimum atomic E-state index is -0.562. The van der Waals surface area contributed by atoms with Crippen LogP contribution >= 0.6 is 0 Å². The van der Waals surface area contributed by atoms with E-state index in [1.54, 1.807) is 30.0 Å². The van der Waals surface area contributed by atoms with Gasteiger partial charge in [0.2, 0.25) is 17.7 Å². The summed E-state index contributed by atoms with van der Waals surface area (Å²) in [5.41, 5.74) is 4.15. The van der Waals surface area contributed by atoms with Gasteiger partial charge in [-0.15, -0.1) is 0 Å². The molecule has 3 fully saturated rings. The third kappa shape index (κ3) is 4.24. The van der Waals surface area contributed by atoms with Crippen LogP contribution in [0.4, 0.5) is 11.4 Å². The third-order valence-electron chi connectivity index (χ3n) is 7.45. The van der Waals surface area contributed by atoms with Crippen molar-refractivity contribution in [2.24, 2.45) is 17.8 Å². The molecule has 0 bridgehead atoms. The lowest BCUT2D eigenvalue weighted by atomic mass is 9.81. The largest absolute Gasteiger partial charge is 0.426 e. The van der Waals surface area contributed by atoms with E-state index in [-0.39, 0.29) is 42.5 Å². The first-order valence-electron chi connectivity index (χ1n) is 12.3. The Kier molecular flexibility index (Phi) is 5.95. The molecule has 1 saturated carbocycles. The molecule has 2 heterocycles. The minimum Gasteiger partial charge on any atom is -0.426 e. The Balaban J connectivity index is 1.28. The minimum absolute atomic E-state index is 0.0996. The van der Waals surface area contributed by atoms with Crippen LogP contribution in [0.5, 0.6) is 5.75 Å². The van der Waals surface area contributed by atoms with Crippen molar-refractivity contribution >= 4 is 35.1 Å². The summed E-state index contributed by atoms with van der Waals surface area (Å²) in [5.74, 6) is -1.46. The highest BCUT2D eigenvalue weighted by Gasteiger charge is 2.49. The number of anilines is 2. The molecule has 0 unspecified atom stereocenters. The summed E-state index contributed by atoms with van der Waals surface area (Å²) in [6.45, 7) is 6.03. The molecule has 3 amide bonds. The van der Waals surface area contributed by atoms with Gasteiger partial charge in [-0.1, -0.05) is 18.9 Å². The molecule has 0 spiro atoms. The van der Waals surface area contributed by atoms with Crippen LogP contribution in [0.3, 0.4) is 0 Å². The van der Waals surface area contributed by atoms with Crippen LogP contribution in [0, 0.1) is 38.5 Å². The zero-order chi connectivity index (χ0) is 24.9. The number of nitrogens with zero attached hydrogens (tertiary/aromatic N) is 2.